The molecule has 2 nitrogen and oxygen atoms in total. The van der Waals surface area contributed by atoms with Gasteiger partial charge in [0.05, 0.1) is 12.2 Å². The predicted octanol–water partition coefficient (Wildman–Crippen LogP) is 2.75. The van der Waals surface area contributed by atoms with Crippen LogP contribution in [0.3, 0.4) is 0 Å². The molecular weight excluding hydrogens is 244 g/mol. The van der Waals surface area contributed by atoms with Crippen LogP contribution in [0.15, 0.2) is 0 Å². The van der Waals surface area contributed by atoms with Crippen LogP contribution in [0.25, 0.3) is 0 Å². The summed E-state index contributed by atoms with van der Waals surface area (Å²) < 4.78 is 48.6. The minimum Gasteiger partial charge on any atom is -0.305 e. The van der Waals surface area contributed by atoms with E-state index < -0.39 is 18.9 Å². The number of aryl methyl sites for hydroxylation is 2. The molecule has 1 N–H and O–H groups in total. The molecule has 0 atom stereocenters. The van der Waals surface area contributed by atoms with Crippen molar-refractivity contribution in [3.63, 3.8) is 0 Å². The fourth-order valence-corrected chi connectivity index (χ4v) is 1.93. The number of nitrogens with one attached hydrogen (secondary N) is 1. The van der Waals surface area contributed by atoms with Crippen molar-refractivity contribution < 1.29 is 17.6 Å². The lowest BCUT2D eigenvalue weighted by atomic mass is 10.3. The molecule has 0 saturated heterocycles. The van der Waals surface area contributed by atoms with Gasteiger partial charge in [-0.05, 0) is 13.8 Å². The minimum absolute atomic E-state index is 0.0850. The standard InChI is InChI=1S/C9H12F4N2S/c1-5-6(2)16-7(15-5)3-14-4-9(12,13)8(10)11/h8,14H,3-4H2,1-2H3. The van der Waals surface area contributed by atoms with Crippen LogP contribution in [0, 0.1) is 13.8 Å². The van der Waals surface area contributed by atoms with Crippen LogP contribution in [-0.2, 0) is 6.54 Å². The summed E-state index contributed by atoms with van der Waals surface area (Å²) in [5.74, 6) is -3.98. The highest BCUT2D eigenvalue weighted by atomic mass is 32.1. The van der Waals surface area contributed by atoms with E-state index in [-0.39, 0.29) is 6.54 Å². The molecule has 0 radical (unpaired) electrons. The lowest BCUT2D eigenvalue weighted by Crippen LogP contribution is -2.38. The van der Waals surface area contributed by atoms with Gasteiger partial charge in [0.1, 0.15) is 5.01 Å². The number of nitrogens with zero attached hydrogens (tertiary/aromatic N) is 1. The Kier molecular flexibility index (Phi) is 4.26. The highest BCUT2D eigenvalue weighted by Gasteiger charge is 2.40. The zero-order valence-corrected chi connectivity index (χ0v) is 9.68. The van der Waals surface area contributed by atoms with Crippen LogP contribution in [-0.4, -0.2) is 23.9 Å². The maximum atomic E-state index is 12.5. The Hall–Kier alpha value is -0.690. The maximum absolute atomic E-state index is 12.5. The van der Waals surface area contributed by atoms with Crippen molar-refractivity contribution >= 4 is 11.3 Å². The van der Waals surface area contributed by atoms with E-state index in [0.717, 1.165) is 10.6 Å². The number of alkyl halides is 4. The van der Waals surface area contributed by atoms with Crippen molar-refractivity contribution in [3.05, 3.63) is 15.6 Å². The first-order valence-corrected chi connectivity index (χ1v) is 5.44. The van der Waals surface area contributed by atoms with Gasteiger partial charge in [-0.15, -0.1) is 11.3 Å². The Labute approximate surface area is 94.7 Å². The molecule has 0 saturated carbocycles. The van der Waals surface area contributed by atoms with Crippen molar-refractivity contribution in [2.45, 2.75) is 32.7 Å². The van der Waals surface area contributed by atoms with Crippen molar-refractivity contribution in [2.75, 3.05) is 6.54 Å². The molecule has 0 fully saturated rings. The molecule has 0 aliphatic rings. The number of hydrogen-bond donors (Lipinski definition) is 1. The molecule has 92 valence electrons. The third-order valence-corrected chi connectivity index (χ3v) is 3.10. The summed E-state index contributed by atoms with van der Waals surface area (Å²) in [6, 6.07) is 0. The third-order valence-electron chi connectivity index (χ3n) is 2.03. The number of aromatic nitrogens is 1. The van der Waals surface area contributed by atoms with Gasteiger partial charge in [0, 0.05) is 11.4 Å². The maximum Gasteiger partial charge on any atom is 0.319 e. The van der Waals surface area contributed by atoms with E-state index in [9.17, 15) is 17.6 Å². The minimum atomic E-state index is -3.98. The molecule has 16 heavy (non-hydrogen) atoms. The smallest absolute Gasteiger partial charge is 0.305 e. The number of hydrogen-bond acceptors (Lipinski definition) is 3. The van der Waals surface area contributed by atoms with Crippen molar-refractivity contribution in [1.82, 2.24) is 10.3 Å². The summed E-state index contributed by atoms with van der Waals surface area (Å²) in [7, 11) is 0. The van der Waals surface area contributed by atoms with Gasteiger partial charge in [-0.25, -0.2) is 13.8 Å². The Morgan fingerprint density at radius 2 is 2.00 bits per heavy atom. The van der Waals surface area contributed by atoms with Crippen LogP contribution in [0.1, 0.15) is 15.6 Å². The van der Waals surface area contributed by atoms with Crippen LogP contribution < -0.4 is 5.32 Å². The first kappa shape index (κ1) is 13.4. The first-order chi connectivity index (χ1) is 7.33. The number of halogens is 4. The van der Waals surface area contributed by atoms with E-state index in [0.29, 0.717) is 5.01 Å². The van der Waals surface area contributed by atoms with Crippen molar-refractivity contribution in [2.24, 2.45) is 0 Å². The van der Waals surface area contributed by atoms with E-state index in [1.807, 2.05) is 13.8 Å². The van der Waals surface area contributed by atoms with Gasteiger partial charge in [0.25, 0.3) is 0 Å². The summed E-state index contributed by atoms with van der Waals surface area (Å²) in [4.78, 5) is 5.10. The average Bonchev–Trinajstić information content (AvgIpc) is 2.45. The van der Waals surface area contributed by atoms with E-state index in [4.69, 9.17) is 0 Å². The Bertz CT molecular complexity index is 332. The van der Waals surface area contributed by atoms with Crippen molar-refractivity contribution in [1.29, 1.82) is 0 Å². The molecule has 0 aliphatic heterocycles. The second-order valence-electron chi connectivity index (χ2n) is 3.41. The summed E-state index contributed by atoms with van der Waals surface area (Å²) in [5, 5.41) is 2.91. The SMILES string of the molecule is Cc1nc(CNCC(F)(F)C(F)F)sc1C. The first-order valence-electron chi connectivity index (χ1n) is 4.62. The molecule has 0 bridgehead atoms. The lowest BCUT2D eigenvalue weighted by molar-refractivity contribution is -0.125. The van der Waals surface area contributed by atoms with Crippen LogP contribution in [0.2, 0.25) is 0 Å². The van der Waals surface area contributed by atoms with Gasteiger partial charge in [0.2, 0.25) is 0 Å². The van der Waals surface area contributed by atoms with Gasteiger partial charge in [-0.2, -0.15) is 8.78 Å². The summed E-state index contributed by atoms with van der Waals surface area (Å²) in [6.07, 6.45) is -3.64. The Balaban J connectivity index is 2.41. The molecule has 0 aromatic carbocycles. The molecule has 1 heterocycles. The van der Waals surface area contributed by atoms with Crippen molar-refractivity contribution in [3.8, 4) is 0 Å². The fraction of sp³-hybridized carbons (Fsp3) is 0.667. The third kappa shape index (κ3) is 3.41. The highest BCUT2D eigenvalue weighted by Crippen LogP contribution is 2.22. The van der Waals surface area contributed by atoms with E-state index in [1.54, 1.807) is 0 Å². The monoisotopic (exact) mass is 256 g/mol. The lowest BCUT2D eigenvalue weighted by Gasteiger charge is -2.14. The van der Waals surface area contributed by atoms with E-state index in [1.165, 1.54) is 11.3 Å². The molecule has 0 aliphatic carbocycles. The molecule has 1 aromatic rings. The Morgan fingerprint density at radius 1 is 1.38 bits per heavy atom. The van der Waals surface area contributed by atoms with Crippen LogP contribution >= 0.6 is 11.3 Å². The molecule has 1 rings (SSSR count). The molecule has 0 amide bonds. The molecular formula is C9H12F4N2S. The Morgan fingerprint density at radius 3 is 2.44 bits per heavy atom. The second kappa shape index (κ2) is 5.09. The average molecular weight is 256 g/mol. The van der Waals surface area contributed by atoms with Gasteiger partial charge in [-0.3, -0.25) is 0 Å². The predicted molar refractivity (Wildman–Crippen MR) is 54.2 cm³/mol. The molecule has 7 heteroatoms. The fourth-order valence-electron chi connectivity index (χ4n) is 1.03. The number of rotatable bonds is 5. The molecule has 0 unspecified atom stereocenters. The summed E-state index contributed by atoms with van der Waals surface area (Å²) in [5.41, 5.74) is 0.836. The van der Waals surface area contributed by atoms with Crippen LogP contribution in [0.4, 0.5) is 17.6 Å². The largest absolute Gasteiger partial charge is 0.319 e. The molecule has 0 spiro atoms. The normalized spacial score (nSPS) is 12.4. The van der Waals surface area contributed by atoms with Gasteiger partial charge in [0.15, 0.2) is 0 Å². The number of thiazole rings is 1. The van der Waals surface area contributed by atoms with Gasteiger partial charge in [-0.1, -0.05) is 0 Å². The van der Waals surface area contributed by atoms with E-state index in [2.05, 4.69) is 10.3 Å². The summed E-state index contributed by atoms with van der Waals surface area (Å²) >= 11 is 1.37. The van der Waals surface area contributed by atoms with E-state index >= 15 is 0 Å². The van der Waals surface area contributed by atoms with Crippen LogP contribution in [0.5, 0.6) is 0 Å². The topological polar surface area (TPSA) is 24.9 Å². The zero-order chi connectivity index (χ0) is 12.3. The molecule has 1 aromatic heterocycles. The van der Waals surface area contributed by atoms with Gasteiger partial charge >= 0.3 is 12.3 Å². The van der Waals surface area contributed by atoms with Gasteiger partial charge < -0.3 is 5.32 Å². The summed E-state index contributed by atoms with van der Waals surface area (Å²) in [6.45, 7) is 2.72. The zero-order valence-electron chi connectivity index (χ0n) is 8.86. The quantitative estimate of drug-likeness (QED) is 0.819. The highest BCUT2D eigenvalue weighted by molar-refractivity contribution is 7.11. The second-order valence-corrected chi connectivity index (χ2v) is 4.70.